The number of allylic oxidation sites excluding steroid dienone is 2. The largest absolute Gasteiger partial charge is 0.360 e. The molecule has 0 radical (unpaired) electrons. The average molecular weight is 397 g/mol. The van der Waals surface area contributed by atoms with Crippen LogP contribution in [0.15, 0.2) is 12.2 Å². The molecule has 0 aliphatic rings. The van der Waals surface area contributed by atoms with Gasteiger partial charge in [-0.15, -0.1) is 0 Å². The van der Waals surface area contributed by atoms with Crippen LogP contribution < -0.4 is 0 Å². The van der Waals surface area contributed by atoms with E-state index in [4.69, 9.17) is 0 Å². The maximum Gasteiger partial charge on any atom is 0.223 e. The van der Waals surface area contributed by atoms with Crippen molar-refractivity contribution in [1.29, 1.82) is 0 Å². The zero-order valence-electron chi connectivity index (χ0n) is 18.9. The number of hydrogen-bond acceptors (Lipinski definition) is 3. The Hall–Kier alpha value is -0.670. The molecule has 0 atom stereocenters. The average Bonchev–Trinajstić information content (AvgIpc) is 2.69. The van der Waals surface area contributed by atoms with E-state index >= 15 is 0 Å². The van der Waals surface area contributed by atoms with Crippen LogP contribution in [0, 0.1) is 0 Å². The van der Waals surface area contributed by atoms with Crippen LogP contribution in [-0.2, 0) is 4.79 Å². The van der Waals surface area contributed by atoms with Crippen molar-refractivity contribution < 1.29 is 15.0 Å². The highest BCUT2D eigenvalue weighted by molar-refractivity contribution is 5.85. The van der Waals surface area contributed by atoms with Crippen LogP contribution in [0.5, 0.6) is 0 Å². The SMILES string of the molecule is CCCCCCCCCCC/C=C\CCCCCCCCC(=O)C(O)(O)CC. The standard InChI is InChI=1S/C25H48O3/c1-3-5-6-7-8-9-10-11-12-13-14-15-16-17-18-19-20-21-22-23-24(26)25(27,28)4-2/h14-15,27-28H,3-13,16-23H2,1-2H3/b15-14-. The summed E-state index contributed by atoms with van der Waals surface area (Å²) >= 11 is 0. The van der Waals surface area contributed by atoms with Gasteiger partial charge in [0.2, 0.25) is 5.79 Å². The molecule has 0 saturated carbocycles. The Balaban J connectivity index is 3.25. The fourth-order valence-corrected chi connectivity index (χ4v) is 3.46. The van der Waals surface area contributed by atoms with E-state index in [1.807, 2.05) is 0 Å². The molecule has 0 spiro atoms. The lowest BCUT2D eigenvalue weighted by Crippen LogP contribution is -2.37. The van der Waals surface area contributed by atoms with Gasteiger partial charge in [0.05, 0.1) is 0 Å². The molecule has 0 aromatic carbocycles. The zero-order chi connectivity index (χ0) is 20.9. The second-order valence-corrected chi connectivity index (χ2v) is 8.34. The molecule has 0 aliphatic carbocycles. The van der Waals surface area contributed by atoms with Gasteiger partial charge in [-0.1, -0.05) is 103 Å². The van der Waals surface area contributed by atoms with E-state index in [9.17, 15) is 15.0 Å². The molecule has 0 aliphatic heterocycles. The highest BCUT2D eigenvalue weighted by Crippen LogP contribution is 2.14. The van der Waals surface area contributed by atoms with Gasteiger partial charge in [-0.3, -0.25) is 4.79 Å². The first kappa shape index (κ1) is 27.3. The molecule has 0 aromatic heterocycles. The van der Waals surface area contributed by atoms with Crippen LogP contribution in [0.4, 0.5) is 0 Å². The van der Waals surface area contributed by atoms with E-state index in [0.29, 0.717) is 0 Å². The Kier molecular flexibility index (Phi) is 19.2. The molecule has 0 rings (SSSR count). The third-order valence-electron chi connectivity index (χ3n) is 5.61. The lowest BCUT2D eigenvalue weighted by Gasteiger charge is -2.17. The first-order valence-corrected chi connectivity index (χ1v) is 12.2. The molecule has 0 saturated heterocycles. The van der Waals surface area contributed by atoms with Gasteiger partial charge < -0.3 is 10.2 Å². The lowest BCUT2D eigenvalue weighted by atomic mass is 10.0. The fourth-order valence-electron chi connectivity index (χ4n) is 3.46. The van der Waals surface area contributed by atoms with Crippen LogP contribution in [-0.4, -0.2) is 21.8 Å². The van der Waals surface area contributed by atoms with Crippen LogP contribution >= 0.6 is 0 Å². The summed E-state index contributed by atoms with van der Waals surface area (Å²) in [4.78, 5) is 11.6. The topological polar surface area (TPSA) is 57.5 Å². The van der Waals surface area contributed by atoms with E-state index in [2.05, 4.69) is 19.1 Å². The first-order valence-electron chi connectivity index (χ1n) is 12.2. The second kappa shape index (κ2) is 19.6. The number of carbonyl (C=O) groups is 1. The van der Waals surface area contributed by atoms with E-state index in [-0.39, 0.29) is 12.8 Å². The molecule has 0 fully saturated rings. The Morgan fingerprint density at radius 2 is 1.04 bits per heavy atom. The van der Waals surface area contributed by atoms with Crippen molar-refractivity contribution in [3.63, 3.8) is 0 Å². The van der Waals surface area contributed by atoms with Gasteiger partial charge in [-0.05, 0) is 32.1 Å². The van der Waals surface area contributed by atoms with Crippen LogP contribution in [0.2, 0.25) is 0 Å². The Morgan fingerprint density at radius 1 is 0.643 bits per heavy atom. The van der Waals surface area contributed by atoms with Crippen molar-refractivity contribution in [3.8, 4) is 0 Å². The van der Waals surface area contributed by atoms with Crippen LogP contribution in [0.3, 0.4) is 0 Å². The van der Waals surface area contributed by atoms with Crippen LogP contribution in [0.25, 0.3) is 0 Å². The molecule has 0 unspecified atom stereocenters. The molecule has 166 valence electrons. The smallest absolute Gasteiger partial charge is 0.223 e. The molecular weight excluding hydrogens is 348 g/mol. The Labute approximate surface area is 175 Å². The van der Waals surface area contributed by atoms with Crippen molar-refractivity contribution in [3.05, 3.63) is 12.2 Å². The van der Waals surface area contributed by atoms with Crippen molar-refractivity contribution in [2.24, 2.45) is 0 Å². The van der Waals surface area contributed by atoms with Gasteiger partial charge >= 0.3 is 0 Å². The Bertz CT molecular complexity index is 374. The highest BCUT2D eigenvalue weighted by Gasteiger charge is 2.29. The molecule has 0 aromatic rings. The van der Waals surface area contributed by atoms with Crippen LogP contribution in [0.1, 0.15) is 136 Å². The predicted molar refractivity (Wildman–Crippen MR) is 120 cm³/mol. The van der Waals surface area contributed by atoms with Crippen molar-refractivity contribution >= 4 is 5.78 Å². The highest BCUT2D eigenvalue weighted by atomic mass is 16.5. The maximum atomic E-state index is 11.6. The summed E-state index contributed by atoms with van der Waals surface area (Å²) in [5, 5.41) is 18.9. The van der Waals surface area contributed by atoms with Gasteiger partial charge in [0.1, 0.15) is 0 Å². The van der Waals surface area contributed by atoms with Gasteiger partial charge in [-0.2, -0.15) is 0 Å². The quantitative estimate of drug-likeness (QED) is 0.122. The number of unbranched alkanes of at least 4 members (excludes halogenated alkanes) is 15. The van der Waals surface area contributed by atoms with E-state index in [1.54, 1.807) is 6.92 Å². The van der Waals surface area contributed by atoms with E-state index in [0.717, 1.165) is 19.3 Å². The molecular formula is C25H48O3. The minimum atomic E-state index is -2.11. The second-order valence-electron chi connectivity index (χ2n) is 8.34. The number of aliphatic hydroxyl groups is 2. The molecule has 0 heterocycles. The van der Waals surface area contributed by atoms with E-state index in [1.165, 1.54) is 89.9 Å². The molecule has 0 bridgehead atoms. The summed E-state index contributed by atoms with van der Waals surface area (Å²) in [6, 6.07) is 0. The summed E-state index contributed by atoms with van der Waals surface area (Å²) in [6.45, 7) is 3.89. The summed E-state index contributed by atoms with van der Waals surface area (Å²) in [7, 11) is 0. The molecule has 28 heavy (non-hydrogen) atoms. The van der Waals surface area contributed by atoms with Gasteiger partial charge in [0, 0.05) is 12.8 Å². The fraction of sp³-hybridized carbons (Fsp3) is 0.880. The molecule has 0 amide bonds. The number of rotatable bonds is 21. The first-order chi connectivity index (χ1) is 13.5. The van der Waals surface area contributed by atoms with Gasteiger partial charge in [-0.25, -0.2) is 0 Å². The third-order valence-corrected chi connectivity index (χ3v) is 5.61. The predicted octanol–water partition coefficient (Wildman–Crippen LogP) is 7.24. The van der Waals surface area contributed by atoms with Crippen molar-refractivity contribution in [2.45, 2.75) is 142 Å². The maximum absolute atomic E-state index is 11.6. The van der Waals surface area contributed by atoms with Crippen molar-refractivity contribution in [1.82, 2.24) is 0 Å². The monoisotopic (exact) mass is 396 g/mol. The number of Topliss-reactive ketones (excluding diaryl/α,β-unsaturated/α-hetero) is 1. The number of carbonyl (C=O) groups excluding carboxylic acids is 1. The number of ketones is 1. The summed E-state index contributed by atoms with van der Waals surface area (Å²) in [6.07, 6.45) is 26.6. The molecule has 3 nitrogen and oxygen atoms in total. The Morgan fingerprint density at radius 3 is 1.46 bits per heavy atom. The third kappa shape index (κ3) is 17.4. The lowest BCUT2D eigenvalue weighted by molar-refractivity contribution is -0.183. The van der Waals surface area contributed by atoms with Gasteiger partial charge in [0.15, 0.2) is 5.78 Å². The summed E-state index contributed by atoms with van der Waals surface area (Å²) in [5.74, 6) is -2.55. The van der Waals surface area contributed by atoms with Gasteiger partial charge in [0.25, 0.3) is 0 Å². The molecule has 3 heteroatoms. The van der Waals surface area contributed by atoms with E-state index < -0.39 is 11.6 Å². The number of hydrogen-bond donors (Lipinski definition) is 2. The minimum absolute atomic E-state index is 0.0679. The van der Waals surface area contributed by atoms with Crippen molar-refractivity contribution in [2.75, 3.05) is 0 Å². The molecule has 2 N–H and O–H groups in total. The normalized spacial score (nSPS) is 12.1. The minimum Gasteiger partial charge on any atom is -0.360 e. The summed E-state index contributed by atoms with van der Waals surface area (Å²) < 4.78 is 0. The zero-order valence-corrected chi connectivity index (χ0v) is 18.9. The summed E-state index contributed by atoms with van der Waals surface area (Å²) in [5.41, 5.74) is 0.